The van der Waals surface area contributed by atoms with Gasteiger partial charge in [-0.2, -0.15) is 4.31 Å². The fourth-order valence-electron chi connectivity index (χ4n) is 2.89. The van der Waals surface area contributed by atoms with Crippen molar-refractivity contribution in [1.82, 2.24) is 4.31 Å². The monoisotopic (exact) mass is 362 g/mol. The van der Waals surface area contributed by atoms with E-state index >= 15 is 0 Å². The summed E-state index contributed by atoms with van der Waals surface area (Å²) in [5.41, 5.74) is 1.73. The number of hydrogen-bond acceptors (Lipinski definition) is 5. The summed E-state index contributed by atoms with van der Waals surface area (Å²) in [6, 6.07) is 12.8. The molecule has 0 bridgehead atoms. The van der Waals surface area contributed by atoms with Crippen LogP contribution in [0.3, 0.4) is 0 Å². The van der Waals surface area contributed by atoms with Crippen LogP contribution in [-0.4, -0.2) is 37.3 Å². The number of morpholine rings is 1. The van der Waals surface area contributed by atoms with Crippen molar-refractivity contribution >= 4 is 15.7 Å². The summed E-state index contributed by atoms with van der Waals surface area (Å²) in [5.74, 6) is 0. The first kappa shape index (κ1) is 17.5. The third-order valence-corrected chi connectivity index (χ3v) is 6.09. The van der Waals surface area contributed by atoms with E-state index < -0.39 is 14.9 Å². The summed E-state index contributed by atoms with van der Waals surface area (Å²) in [4.78, 5) is 10.2. The van der Waals surface area contributed by atoms with E-state index in [0.717, 1.165) is 17.2 Å². The van der Waals surface area contributed by atoms with Gasteiger partial charge in [0.25, 0.3) is 5.69 Å². The van der Waals surface area contributed by atoms with Crippen molar-refractivity contribution in [3.8, 4) is 0 Å². The molecule has 1 fully saturated rings. The van der Waals surface area contributed by atoms with Crippen molar-refractivity contribution in [2.75, 3.05) is 19.7 Å². The molecule has 25 heavy (non-hydrogen) atoms. The van der Waals surface area contributed by atoms with Gasteiger partial charge in [0.1, 0.15) is 0 Å². The number of nitro benzene ring substituents is 1. The topological polar surface area (TPSA) is 89.8 Å². The predicted octanol–water partition coefficient (Wildman–Crippen LogP) is 2.67. The van der Waals surface area contributed by atoms with Crippen molar-refractivity contribution in [2.45, 2.75) is 17.9 Å². The van der Waals surface area contributed by atoms with Gasteiger partial charge in [0.05, 0.1) is 22.5 Å². The lowest BCUT2D eigenvalue weighted by atomic mass is 10.0. The Morgan fingerprint density at radius 3 is 2.68 bits per heavy atom. The van der Waals surface area contributed by atoms with E-state index in [1.54, 1.807) is 0 Å². The minimum absolute atomic E-state index is 0.0767. The molecule has 0 amide bonds. The van der Waals surface area contributed by atoms with Gasteiger partial charge in [-0.15, -0.1) is 0 Å². The fraction of sp³-hybridized carbons (Fsp3) is 0.294. The zero-order chi connectivity index (χ0) is 18.0. The lowest BCUT2D eigenvalue weighted by Crippen LogP contribution is -2.42. The molecule has 1 heterocycles. The quantitative estimate of drug-likeness (QED) is 0.616. The molecule has 0 aromatic heterocycles. The van der Waals surface area contributed by atoms with E-state index in [9.17, 15) is 18.5 Å². The second kappa shape index (κ2) is 6.91. The Labute approximate surface area is 146 Å². The first-order valence-electron chi connectivity index (χ1n) is 7.81. The number of benzene rings is 2. The third-order valence-electron chi connectivity index (χ3n) is 4.23. The maximum atomic E-state index is 12.9. The number of aryl methyl sites for hydroxylation is 1. The molecular formula is C17H18N2O5S. The highest BCUT2D eigenvalue weighted by Crippen LogP contribution is 2.29. The molecule has 0 N–H and O–H groups in total. The van der Waals surface area contributed by atoms with Crippen LogP contribution in [-0.2, 0) is 14.8 Å². The lowest BCUT2D eigenvalue weighted by molar-refractivity contribution is -0.385. The molecule has 3 rings (SSSR count). The van der Waals surface area contributed by atoms with Gasteiger partial charge in [-0.3, -0.25) is 10.1 Å². The van der Waals surface area contributed by atoms with E-state index in [1.165, 1.54) is 22.5 Å². The zero-order valence-electron chi connectivity index (χ0n) is 13.7. The number of nitrogens with zero attached hydrogens (tertiary/aromatic N) is 2. The molecule has 8 heteroatoms. The normalized spacial score (nSPS) is 18.8. The molecule has 1 aliphatic heterocycles. The minimum atomic E-state index is -3.82. The molecule has 2 aromatic carbocycles. The largest absolute Gasteiger partial charge is 0.371 e. The van der Waals surface area contributed by atoms with Crippen molar-refractivity contribution in [3.05, 3.63) is 69.8 Å². The third kappa shape index (κ3) is 3.55. The van der Waals surface area contributed by atoms with E-state index in [0.29, 0.717) is 0 Å². The van der Waals surface area contributed by atoms with Crippen LogP contribution in [0.4, 0.5) is 5.69 Å². The summed E-state index contributed by atoms with van der Waals surface area (Å²) in [5, 5.41) is 10.9. The van der Waals surface area contributed by atoms with Crippen LogP contribution in [0, 0.1) is 17.0 Å². The Bertz CT molecular complexity index is 897. The van der Waals surface area contributed by atoms with Crippen LogP contribution >= 0.6 is 0 Å². The predicted molar refractivity (Wildman–Crippen MR) is 91.7 cm³/mol. The van der Waals surface area contributed by atoms with Gasteiger partial charge in [0.15, 0.2) is 0 Å². The Morgan fingerprint density at radius 2 is 1.96 bits per heavy atom. The number of nitro groups is 1. The molecule has 1 unspecified atom stereocenters. The molecule has 0 spiro atoms. The van der Waals surface area contributed by atoms with Gasteiger partial charge in [0.2, 0.25) is 10.0 Å². The molecule has 0 aliphatic carbocycles. The summed E-state index contributed by atoms with van der Waals surface area (Å²) < 4.78 is 32.8. The van der Waals surface area contributed by atoms with Crippen molar-refractivity contribution in [1.29, 1.82) is 0 Å². The SMILES string of the molecule is Cc1ccccc1C1CN(S(=O)(=O)c2cccc([N+](=O)[O-])c2)CCO1. The van der Waals surface area contributed by atoms with E-state index in [-0.39, 0.29) is 36.4 Å². The lowest BCUT2D eigenvalue weighted by Gasteiger charge is -2.33. The average molecular weight is 362 g/mol. The summed E-state index contributed by atoms with van der Waals surface area (Å²) in [7, 11) is -3.82. The average Bonchev–Trinajstić information content (AvgIpc) is 2.62. The standard InChI is InChI=1S/C17H18N2O5S/c1-13-5-2-3-8-16(13)17-12-18(9-10-24-17)25(22,23)15-7-4-6-14(11-15)19(20)21/h2-8,11,17H,9-10,12H2,1H3. The smallest absolute Gasteiger partial charge is 0.270 e. The van der Waals surface area contributed by atoms with Gasteiger partial charge < -0.3 is 4.74 Å². The fourth-order valence-corrected chi connectivity index (χ4v) is 4.35. The maximum absolute atomic E-state index is 12.9. The minimum Gasteiger partial charge on any atom is -0.371 e. The molecular weight excluding hydrogens is 344 g/mol. The number of sulfonamides is 1. The van der Waals surface area contributed by atoms with Crippen LogP contribution in [0.2, 0.25) is 0 Å². The molecule has 7 nitrogen and oxygen atoms in total. The van der Waals surface area contributed by atoms with Crippen LogP contribution in [0.1, 0.15) is 17.2 Å². The van der Waals surface area contributed by atoms with Crippen LogP contribution in [0.25, 0.3) is 0 Å². The van der Waals surface area contributed by atoms with Gasteiger partial charge >= 0.3 is 0 Å². The van der Waals surface area contributed by atoms with E-state index in [2.05, 4.69) is 0 Å². The highest BCUT2D eigenvalue weighted by Gasteiger charge is 2.32. The van der Waals surface area contributed by atoms with Crippen LogP contribution in [0.15, 0.2) is 53.4 Å². The Balaban J connectivity index is 1.89. The highest BCUT2D eigenvalue weighted by molar-refractivity contribution is 7.89. The molecule has 0 radical (unpaired) electrons. The van der Waals surface area contributed by atoms with Crippen LogP contribution < -0.4 is 0 Å². The van der Waals surface area contributed by atoms with Crippen LogP contribution in [0.5, 0.6) is 0 Å². The second-order valence-electron chi connectivity index (χ2n) is 5.83. The number of non-ortho nitro benzene ring substituents is 1. The number of ether oxygens (including phenoxy) is 1. The zero-order valence-corrected chi connectivity index (χ0v) is 14.5. The Morgan fingerprint density at radius 1 is 1.20 bits per heavy atom. The van der Waals surface area contributed by atoms with Gasteiger partial charge in [-0.05, 0) is 24.1 Å². The van der Waals surface area contributed by atoms with E-state index in [4.69, 9.17) is 4.74 Å². The van der Waals surface area contributed by atoms with Crippen molar-refractivity contribution in [2.24, 2.45) is 0 Å². The Kier molecular flexibility index (Phi) is 4.85. The van der Waals surface area contributed by atoms with Gasteiger partial charge in [-0.1, -0.05) is 30.3 Å². The molecule has 1 saturated heterocycles. The highest BCUT2D eigenvalue weighted by atomic mass is 32.2. The summed E-state index contributed by atoms with van der Waals surface area (Å²) in [6.07, 6.45) is -0.358. The maximum Gasteiger partial charge on any atom is 0.270 e. The molecule has 132 valence electrons. The molecule has 1 aliphatic rings. The molecule has 1 atom stereocenters. The van der Waals surface area contributed by atoms with Crippen molar-refractivity contribution < 1.29 is 18.1 Å². The van der Waals surface area contributed by atoms with Gasteiger partial charge in [0, 0.05) is 25.2 Å². The Hall–Kier alpha value is -2.29. The summed E-state index contributed by atoms with van der Waals surface area (Å²) in [6.45, 7) is 2.61. The van der Waals surface area contributed by atoms with Crippen molar-refractivity contribution in [3.63, 3.8) is 0 Å². The number of rotatable bonds is 4. The molecule has 2 aromatic rings. The number of hydrogen-bond donors (Lipinski definition) is 0. The van der Waals surface area contributed by atoms with E-state index in [1.807, 2.05) is 31.2 Å². The first-order chi connectivity index (χ1) is 11.9. The molecule has 0 saturated carbocycles. The van der Waals surface area contributed by atoms with Gasteiger partial charge in [-0.25, -0.2) is 8.42 Å². The summed E-state index contributed by atoms with van der Waals surface area (Å²) >= 11 is 0. The first-order valence-corrected chi connectivity index (χ1v) is 9.25. The second-order valence-corrected chi connectivity index (χ2v) is 7.77.